The molecule has 0 saturated carbocycles. The Hall–Kier alpha value is -2.74. The minimum Gasteiger partial charge on any atom is -0.482 e. The molecule has 0 aliphatic carbocycles. The number of carbonyl (C=O) groups is 3. The normalized spacial score (nSPS) is 15.0. The van der Waals surface area contributed by atoms with Gasteiger partial charge in [0.1, 0.15) is 11.3 Å². The predicted molar refractivity (Wildman–Crippen MR) is 85.7 cm³/mol. The maximum atomic E-state index is 12.2. The lowest BCUT2D eigenvalue weighted by Gasteiger charge is -2.31. The molecule has 1 saturated heterocycles. The standard InChI is InChI=1S/C15H14N2O5S/c1-16-13(20)11(14(21)17(2)15(16)23)7-9-3-5-10(6-4-9)22-8-12(18)19/h3-7H,8H2,1-2H3,(H,18,19). The molecule has 0 aromatic heterocycles. The Morgan fingerprint density at radius 3 is 2.17 bits per heavy atom. The van der Waals surface area contributed by atoms with E-state index in [0.717, 1.165) is 0 Å². The molecule has 0 radical (unpaired) electrons. The van der Waals surface area contributed by atoms with Crippen molar-refractivity contribution in [3.63, 3.8) is 0 Å². The minimum absolute atomic E-state index is 0.00260. The SMILES string of the molecule is CN1C(=O)C(=Cc2ccc(OCC(=O)O)cc2)C(=O)N(C)C1=S. The van der Waals surface area contributed by atoms with Gasteiger partial charge in [0, 0.05) is 14.1 Å². The van der Waals surface area contributed by atoms with Gasteiger partial charge >= 0.3 is 5.97 Å². The van der Waals surface area contributed by atoms with Crippen molar-refractivity contribution >= 4 is 41.2 Å². The monoisotopic (exact) mass is 334 g/mol. The number of hydrogen-bond acceptors (Lipinski definition) is 5. The van der Waals surface area contributed by atoms with Crippen LogP contribution in [0.1, 0.15) is 5.56 Å². The fraction of sp³-hybridized carbons (Fsp3) is 0.200. The smallest absolute Gasteiger partial charge is 0.341 e. The van der Waals surface area contributed by atoms with Crippen LogP contribution in [0.5, 0.6) is 5.75 Å². The first-order valence-electron chi connectivity index (χ1n) is 6.57. The first-order valence-corrected chi connectivity index (χ1v) is 6.98. The van der Waals surface area contributed by atoms with Crippen molar-refractivity contribution in [2.75, 3.05) is 20.7 Å². The summed E-state index contributed by atoms with van der Waals surface area (Å²) < 4.78 is 5.02. The summed E-state index contributed by atoms with van der Waals surface area (Å²) >= 11 is 5.01. The van der Waals surface area contributed by atoms with Gasteiger partial charge < -0.3 is 9.84 Å². The molecule has 2 amide bonds. The van der Waals surface area contributed by atoms with E-state index in [1.54, 1.807) is 24.3 Å². The van der Waals surface area contributed by atoms with Gasteiger partial charge in [0.2, 0.25) is 0 Å². The van der Waals surface area contributed by atoms with Crippen LogP contribution in [0, 0.1) is 0 Å². The highest BCUT2D eigenvalue weighted by molar-refractivity contribution is 7.80. The second kappa shape index (κ2) is 6.57. The maximum Gasteiger partial charge on any atom is 0.341 e. The topological polar surface area (TPSA) is 87.1 Å². The van der Waals surface area contributed by atoms with Gasteiger partial charge in [-0.05, 0) is 36.0 Å². The molecule has 1 aromatic rings. The van der Waals surface area contributed by atoms with E-state index in [1.807, 2.05) is 0 Å². The number of aliphatic carboxylic acids is 1. The van der Waals surface area contributed by atoms with Gasteiger partial charge in [-0.3, -0.25) is 19.4 Å². The first kappa shape index (κ1) is 16.6. The van der Waals surface area contributed by atoms with Gasteiger partial charge in [-0.15, -0.1) is 0 Å². The third-order valence-electron chi connectivity index (χ3n) is 3.20. The molecule has 0 spiro atoms. The van der Waals surface area contributed by atoms with Gasteiger partial charge in [-0.1, -0.05) is 12.1 Å². The summed E-state index contributed by atoms with van der Waals surface area (Å²) in [6, 6.07) is 6.37. The second-order valence-electron chi connectivity index (χ2n) is 4.82. The van der Waals surface area contributed by atoms with Crippen molar-refractivity contribution < 1.29 is 24.2 Å². The Morgan fingerprint density at radius 2 is 1.70 bits per heavy atom. The summed E-state index contributed by atoms with van der Waals surface area (Å²) in [6.07, 6.45) is 1.46. The number of amides is 2. The molecule has 1 aliphatic heterocycles. The summed E-state index contributed by atoms with van der Waals surface area (Å²) in [4.78, 5) is 37.2. The number of carboxylic acid groups (broad SMARTS) is 1. The second-order valence-corrected chi connectivity index (χ2v) is 5.19. The molecule has 120 valence electrons. The van der Waals surface area contributed by atoms with Crippen molar-refractivity contribution in [2.45, 2.75) is 0 Å². The lowest BCUT2D eigenvalue weighted by molar-refractivity contribution is -0.139. The number of ether oxygens (including phenoxy) is 1. The number of rotatable bonds is 4. The number of thiocarbonyl (C=S) groups is 1. The van der Waals surface area contributed by atoms with E-state index in [-0.39, 0.29) is 10.7 Å². The quantitative estimate of drug-likeness (QED) is 0.497. The Balaban J connectivity index is 2.23. The zero-order valence-corrected chi connectivity index (χ0v) is 13.3. The van der Waals surface area contributed by atoms with Crippen molar-refractivity contribution in [1.82, 2.24) is 9.80 Å². The van der Waals surface area contributed by atoms with Crippen LogP contribution >= 0.6 is 12.2 Å². The third kappa shape index (κ3) is 3.54. The summed E-state index contributed by atoms with van der Waals surface area (Å²) in [7, 11) is 3.01. The molecule has 0 bridgehead atoms. The van der Waals surface area contributed by atoms with Crippen LogP contribution in [0.4, 0.5) is 0 Å². The zero-order chi connectivity index (χ0) is 17.1. The van der Waals surface area contributed by atoms with E-state index in [0.29, 0.717) is 11.3 Å². The zero-order valence-electron chi connectivity index (χ0n) is 12.5. The number of carbonyl (C=O) groups excluding carboxylic acids is 2. The highest BCUT2D eigenvalue weighted by atomic mass is 32.1. The average Bonchev–Trinajstić information content (AvgIpc) is 2.54. The average molecular weight is 334 g/mol. The van der Waals surface area contributed by atoms with Crippen LogP contribution in [0.15, 0.2) is 29.8 Å². The molecule has 0 atom stereocenters. The fourth-order valence-electron chi connectivity index (χ4n) is 1.95. The van der Waals surface area contributed by atoms with Crippen molar-refractivity contribution in [2.24, 2.45) is 0 Å². The summed E-state index contributed by atoms with van der Waals surface area (Å²) in [5, 5.41) is 8.69. The minimum atomic E-state index is -1.07. The number of benzene rings is 1. The Morgan fingerprint density at radius 1 is 1.17 bits per heavy atom. The molecule has 1 heterocycles. The van der Waals surface area contributed by atoms with Crippen LogP contribution in [-0.2, 0) is 14.4 Å². The Bertz CT molecular complexity index is 685. The molecule has 7 nitrogen and oxygen atoms in total. The summed E-state index contributed by atoms with van der Waals surface area (Å²) in [6.45, 7) is -0.440. The lowest BCUT2D eigenvalue weighted by Crippen LogP contribution is -2.52. The van der Waals surface area contributed by atoms with Gasteiger partial charge in [0.25, 0.3) is 11.8 Å². The third-order valence-corrected chi connectivity index (χ3v) is 3.75. The molecule has 1 fully saturated rings. The van der Waals surface area contributed by atoms with Crippen molar-refractivity contribution in [3.8, 4) is 5.75 Å². The predicted octanol–water partition coefficient (Wildman–Crippen LogP) is 0.749. The Labute approximate surface area is 137 Å². The molecule has 1 N–H and O–H groups in total. The largest absolute Gasteiger partial charge is 0.482 e. The van der Waals surface area contributed by atoms with Crippen molar-refractivity contribution in [3.05, 3.63) is 35.4 Å². The maximum absolute atomic E-state index is 12.2. The van der Waals surface area contributed by atoms with Crippen LogP contribution in [-0.4, -0.2) is 58.5 Å². The number of nitrogens with zero attached hydrogens (tertiary/aromatic N) is 2. The van der Waals surface area contributed by atoms with Crippen LogP contribution < -0.4 is 4.74 Å². The molecule has 1 aliphatic rings. The molecule has 23 heavy (non-hydrogen) atoms. The van der Waals surface area contributed by atoms with Crippen LogP contribution in [0.25, 0.3) is 6.08 Å². The van der Waals surface area contributed by atoms with E-state index in [2.05, 4.69) is 0 Å². The van der Waals surface area contributed by atoms with E-state index in [4.69, 9.17) is 22.1 Å². The summed E-state index contributed by atoms with van der Waals surface area (Å²) in [5.41, 5.74) is 0.613. The molecule has 1 aromatic carbocycles. The van der Waals surface area contributed by atoms with Gasteiger partial charge in [0.05, 0.1) is 0 Å². The Kier molecular flexibility index (Phi) is 4.75. The van der Waals surface area contributed by atoms with E-state index in [9.17, 15) is 14.4 Å². The van der Waals surface area contributed by atoms with Crippen LogP contribution in [0.3, 0.4) is 0 Å². The first-order chi connectivity index (χ1) is 10.8. The highest BCUT2D eigenvalue weighted by Crippen LogP contribution is 2.19. The van der Waals surface area contributed by atoms with E-state index in [1.165, 1.54) is 30.0 Å². The molecular weight excluding hydrogens is 320 g/mol. The molecule has 0 unspecified atom stereocenters. The number of hydrogen-bond donors (Lipinski definition) is 1. The van der Waals surface area contributed by atoms with Gasteiger partial charge in [-0.25, -0.2) is 4.79 Å². The number of likely N-dealkylation sites (N-methyl/N-ethyl adjacent to an activating group) is 2. The van der Waals surface area contributed by atoms with Crippen LogP contribution in [0.2, 0.25) is 0 Å². The summed E-state index contributed by atoms with van der Waals surface area (Å²) in [5.74, 6) is -1.63. The van der Waals surface area contributed by atoms with Crippen molar-refractivity contribution in [1.29, 1.82) is 0 Å². The lowest BCUT2D eigenvalue weighted by atomic mass is 10.1. The number of carboxylic acids is 1. The van der Waals surface area contributed by atoms with Gasteiger partial charge in [0.15, 0.2) is 11.7 Å². The molecular formula is C15H14N2O5S. The molecule has 8 heteroatoms. The van der Waals surface area contributed by atoms with E-state index < -0.39 is 24.4 Å². The molecule has 2 rings (SSSR count). The fourth-order valence-corrected chi connectivity index (χ4v) is 2.11. The highest BCUT2D eigenvalue weighted by Gasteiger charge is 2.35. The van der Waals surface area contributed by atoms with Gasteiger partial charge in [-0.2, -0.15) is 0 Å². The van der Waals surface area contributed by atoms with E-state index >= 15 is 0 Å².